The average molecular weight is 382 g/mol. The molecule has 0 heterocycles. The third-order valence-corrected chi connectivity index (χ3v) is 5.16. The van der Waals surface area contributed by atoms with Crippen LogP contribution in [-0.4, -0.2) is 35.0 Å². The van der Waals surface area contributed by atoms with Crippen LogP contribution in [0.25, 0.3) is 0 Å². The van der Waals surface area contributed by atoms with E-state index < -0.39 is 11.9 Å². The van der Waals surface area contributed by atoms with E-state index in [2.05, 4.69) is 13.0 Å². The van der Waals surface area contributed by atoms with E-state index in [1.54, 1.807) is 4.90 Å². The van der Waals surface area contributed by atoms with E-state index in [0.717, 1.165) is 6.42 Å². The second-order valence-corrected chi connectivity index (χ2v) is 7.48. The number of carbonyl (C=O) groups is 2. The van der Waals surface area contributed by atoms with Crippen LogP contribution in [0.1, 0.15) is 104 Å². The van der Waals surface area contributed by atoms with Crippen LogP contribution < -0.4 is 0 Å². The molecular formula is C23H43NO3. The van der Waals surface area contributed by atoms with E-state index in [9.17, 15) is 9.59 Å². The average Bonchev–Trinajstić information content (AvgIpc) is 2.65. The molecule has 0 aliphatic carbocycles. The zero-order valence-corrected chi connectivity index (χ0v) is 18.0. The molecule has 0 rings (SSSR count). The van der Waals surface area contributed by atoms with Crippen molar-refractivity contribution in [1.29, 1.82) is 0 Å². The molecule has 0 radical (unpaired) electrons. The lowest BCUT2D eigenvalue weighted by Gasteiger charge is -2.23. The van der Waals surface area contributed by atoms with Crippen LogP contribution in [0.15, 0.2) is 12.2 Å². The number of rotatable bonds is 18. The molecule has 0 bridgehead atoms. The smallest absolute Gasteiger partial charge is 0.304 e. The highest BCUT2D eigenvalue weighted by Crippen LogP contribution is 2.15. The number of aliphatic carboxylic acids is 1. The summed E-state index contributed by atoms with van der Waals surface area (Å²) < 4.78 is 0. The molecule has 0 saturated heterocycles. The predicted octanol–water partition coefficient (Wildman–Crippen LogP) is 6.20. The Balaban J connectivity index is 3.89. The summed E-state index contributed by atoms with van der Waals surface area (Å²) in [6, 6.07) is 0. The first-order valence-corrected chi connectivity index (χ1v) is 11.2. The first-order chi connectivity index (χ1) is 13.1. The molecule has 0 aliphatic rings. The Morgan fingerprint density at radius 3 is 1.81 bits per heavy atom. The molecule has 1 unspecified atom stereocenters. The van der Waals surface area contributed by atoms with E-state index in [4.69, 9.17) is 5.11 Å². The van der Waals surface area contributed by atoms with Crippen molar-refractivity contribution in [2.45, 2.75) is 104 Å². The Morgan fingerprint density at radius 1 is 0.815 bits per heavy atom. The van der Waals surface area contributed by atoms with Crippen molar-refractivity contribution in [3.8, 4) is 0 Å². The van der Waals surface area contributed by atoms with Crippen LogP contribution in [0.5, 0.6) is 0 Å². The van der Waals surface area contributed by atoms with E-state index in [-0.39, 0.29) is 12.3 Å². The number of hydrogen-bond acceptors (Lipinski definition) is 2. The van der Waals surface area contributed by atoms with Crippen molar-refractivity contribution in [2.75, 3.05) is 13.1 Å². The molecule has 1 amide bonds. The number of nitrogens with zero attached hydrogens (tertiary/aromatic N) is 1. The molecule has 27 heavy (non-hydrogen) atoms. The topological polar surface area (TPSA) is 57.6 Å². The van der Waals surface area contributed by atoms with Crippen molar-refractivity contribution in [1.82, 2.24) is 4.90 Å². The predicted molar refractivity (Wildman–Crippen MR) is 114 cm³/mol. The monoisotopic (exact) mass is 381 g/mol. The lowest BCUT2D eigenvalue weighted by Crippen LogP contribution is -2.36. The minimum absolute atomic E-state index is 0.0361. The lowest BCUT2D eigenvalue weighted by atomic mass is 9.98. The van der Waals surface area contributed by atoms with Gasteiger partial charge in [0.1, 0.15) is 0 Å². The van der Waals surface area contributed by atoms with Crippen molar-refractivity contribution >= 4 is 11.9 Å². The molecule has 0 spiro atoms. The Bertz CT molecular complexity index is 402. The minimum atomic E-state index is -0.899. The van der Waals surface area contributed by atoms with Gasteiger partial charge in [-0.05, 0) is 33.1 Å². The standard InChI is InChI=1S/C23H43NO3/c1-4-7-8-9-10-11-12-13-14-15-16-17-18-19-21(20-22(25)26)23(27)24(5-2)6-3/h17-18,21H,4-16,19-20H2,1-3H3,(H,25,26)/b18-17+. The number of amides is 1. The Hall–Kier alpha value is -1.32. The van der Waals surface area contributed by atoms with Gasteiger partial charge in [0, 0.05) is 13.1 Å². The third kappa shape index (κ3) is 14.4. The highest BCUT2D eigenvalue weighted by molar-refractivity contribution is 5.83. The van der Waals surface area contributed by atoms with Crippen LogP contribution in [0.2, 0.25) is 0 Å². The number of unbranched alkanes of at least 4 members (excludes halogenated alkanes) is 10. The number of allylic oxidation sites excluding steroid dienone is 2. The summed E-state index contributed by atoms with van der Waals surface area (Å²) >= 11 is 0. The van der Waals surface area contributed by atoms with Crippen LogP contribution in [0.4, 0.5) is 0 Å². The first-order valence-electron chi connectivity index (χ1n) is 11.2. The summed E-state index contributed by atoms with van der Waals surface area (Å²) in [6.45, 7) is 7.38. The maximum absolute atomic E-state index is 12.4. The quantitative estimate of drug-likeness (QED) is 0.227. The molecule has 0 aromatic rings. The van der Waals surface area contributed by atoms with Gasteiger partial charge < -0.3 is 10.0 Å². The molecular weight excluding hydrogens is 338 g/mol. The van der Waals surface area contributed by atoms with Crippen LogP contribution in [0.3, 0.4) is 0 Å². The van der Waals surface area contributed by atoms with E-state index in [1.165, 1.54) is 64.2 Å². The zero-order chi connectivity index (χ0) is 20.3. The molecule has 0 aromatic heterocycles. The van der Waals surface area contributed by atoms with E-state index >= 15 is 0 Å². The number of carboxylic acids is 1. The normalized spacial score (nSPS) is 12.4. The SMILES string of the molecule is CCCCCCCCCCCC/C=C/CC(CC(=O)O)C(=O)N(CC)CC. The molecule has 158 valence electrons. The number of hydrogen-bond donors (Lipinski definition) is 1. The largest absolute Gasteiger partial charge is 0.481 e. The van der Waals surface area contributed by atoms with Gasteiger partial charge in [-0.1, -0.05) is 76.9 Å². The van der Waals surface area contributed by atoms with Gasteiger partial charge in [0.05, 0.1) is 12.3 Å². The van der Waals surface area contributed by atoms with Gasteiger partial charge in [-0.3, -0.25) is 9.59 Å². The molecule has 4 nitrogen and oxygen atoms in total. The van der Waals surface area contributed by atoms with Crippen LogP contribution in [-0.2, 0) is 9.59 Å². The molecule has 1 atom stereocenters. The first kappa shape index (κ1) is 25.7. The second kappa shape index (κ2) is 18.1. The van der Waals surface area contributed by atoms with Gasteiger partial charge >= 0.3 is 5.97 Å². The Labute approximate surface area is 167 Å². The third-order valence-electron chi connectivity index (χ3n) is 5.16. The summed E-state index contributed by atoms with van der Waals surface area (Å²) in [5.74, 6) is -1.37. The highest BCUT2D eigenvalue weighted by atomic mass is 16.4. The van der Waals surface area contributed by atoms with Crippen molar-refractivity contribution in [3.05, 3.63) is 12.2 Å². The Morgan fingerprint density at radius 2 is 1.33 bits per heavy atom. The fourth-order valence-electron chi connectivity index (χ4n) is 3.40. The van der Waals surface area contributed by atoms with Gasteiger partial charge in [0.2, 0.25) is 5.91 Å². The zero-order valence-electron chi connectivity index (χ0n) is 18.0. The summed E-state index contributed by atoms with van der Waals surface area (Å²) in [6.07, 6.45) is 18.9. The molecule has 4 heteroatoms. The molecule has 0 fully saturated rings. The van der Waals surface area contributed by atoms with Gasteiger partial charge in [-0.25, -0.2) is 0 Å². The fourth-order valence-corrected chi connectivity index (χ4v) is 3.40. The summed E-state index contributed by atoms with van der Waals surface area (Å²) in [7, 11) is 0. The lowest BCUT2D eigenvalue weighted by molar-refractivity contribution is -0.144. The van der Waals surface area contributed by atoms with Gasteiger partial charge in [0.15, 0.2) is 0 Å². The maximum atomic E-state index is 12.4. The van der Waals surface area contributed by atoms with E-state index in [1.807, 2.05) is 19.9 Å². The number of carbonyl (C=O) groups excluding carboxylic acids is 1. The second-order valence-electron chi connectivity index (χ2n) is 7.48. The summed E-state index contributed by atoms with van der Waals surface area (Å²) in [5.41, 5.74) is 0. The summed E-state index contributed by atoms with van der Waals surface area (Å²) in [4.78, 5) is 25.2. The fraction of sp³-hybridized carbons (Fsp3) is 0.826. The van der Waals surface area contributed by atoms with Gasteiger partial charge in [0.25, 0.3) is 0 Å². The van der Waals surface area contributed by atoms with Crippen molar-refractivity contribution in [2.24, 2.45) is 5.92 Å². The van der Waals surface area contributed by atoms with Crippen LogP contribution >= 0.6 is 0 Å². The maximum Gasteiger partial charge on any atom is 0.304 e. The van der Waals surface area contributed by atoms with E-state index in [0.29, 0.717) is 19.5 Å². The number of carboxylic acid groups (broad SMARTS) is 1. The van der Waals surface area contributed by atoms with Crippen molar-refractivity contribution in [3.63, 3.8) is 0 Å². The van der Waals surface area contributed by atoms with Gasteiger partial charge in [-0.15, -0.1) is 0 Å². The minimum Gasteiger partial charge on any atom is -0.481 e. The molecule has 0 aliphatic heterocycles. The molecule has 0 saturated carbocycles. The molecule has 1 N–H and O–H groups in total. The molecule has 0 aromatic carbocycles. The van der Waals surface area contributed by atoms with Gasteiger partial charge in [-0.2, -0.15) is 0 Å². The highest BCUT2D eigenvalue weighted by Gasteiger charge is 2.23. The Kier molecular flexibility index (Phi) is 17.2. The van der Waals surface area contributed by atoms with Crippen molar-refractivity contribution < 1.29 is 14.7 Å². The summed E-state index contributed by atoms with van der Waals surface area (Å²) in [5, 5.41) is 9.07. The van der Waals surface area contributed by atoms with Crippen LogP contribution in [0, 0.1) is 5.92 Å².